The molecular formula is C8H22N5OP+2. The van der Waals surface area contributed by atoms with Gasteiger partial charge in [0.1, 0.15) is 13.1 Å². The molecule has 0 bridgehead atoms. The summed E-state index contributed by atoms with van der Waals surface area (Å²) in [5.41, 5.74) is 0. The van der Waals surface area contributed by atoms with Gasteiger partial charge in [-0.25, -0.2) is 13.9 Å². The molecule has 2 rings (SSSR count). The highest BCUT2D eigenvalue weighted by molar-refractivity contribution is 7.57. The third-order valence-corrected chi connectivity index (χ3v) is 5.87. The molecule has 0 amide bonds. The summed E-state index contributed by atoms with van der Waals surface area (Å²) < 4.78 is 16.0. The predicted octanol–water partition coefficient (Wildman–Crippen LogP) is -0.414. The van der Waals surface area contributed by atoms with E-state index in [-0.39, 0.29) is 0 Å². The standard InChI is InChI=1S/C8H22N5OP/c1-12(2)7-5-11-6-8-13(3,4)10-15(11,14)9-12/h5-8H2,1-4H3,(H2,9,10,14)/q+2. The zero-order valence-electron chi connectivity index (χ0n) is 10.0. The Kier molecular flexibility index (Phi) is 2.50. The summed E-state index contributed by atoms with van der Waals surface area (Å²) in [6.07, 6.45) is 0. The molecule has 2 aliphatic heterocycles. The van der Waals surface area contributed by atoms with Gasteiger partial charge in [-0.05, 0) is 0 Å². The fourth-order valence-corrected chi connectivity index (χ4v) is 4.81. The van der Waals surface area contributed by atoms with Crippen LogP contribution in [-0.4, -0.2) is 68.2 Å². The van der Waals surface area contributed by atoms with Gasteiger partial charge in [0.15, 0.2) is 0 Å². The lowest BCUT2D eigenvalue weighted by atomic mass is 10.5. The van der Waals surface area contributed by atoms with E-state index >= 15 is 0 Å². The van der Waals surface area contributed by atoms with Crippen LogP contribution in [-0.2, 0) is 4.57 Å². The lowest BCUT2D eigenvalue weighted by molar-refractivity contribution is -0.939. The van der Waals surface area contributed by atoms with Crippen molar-refractivity contribution in [2.24, 2.45) is 0 Å². The SMILES string of the molecule is C[N+]1(C)CCN2CC[N+](C)(C)NP2(=O)N1. The van der Waals surface area contributed by atoms with Crippen molar-refractivity contribution in [3.8, 4) is 0 Å². The first-order valence-corrected chi connectivity index (χ1v) is 6.99. The molecule has 2 heterocycles. The molecule has 2 fully saturated rings. The van der Waals surface area contributed by atoms with E-state index in [0.717, 1.165) is 26.2 Å². The van der Waals surface area contributed by atoms with Crippen molar-refractivity contribution in [2.75, 3.05) is 54.4 Å². The number of quaternary nitrogens is 2. The van der Waals surface area contributed by atoms with Gasteiger partial charge in [-0.1, -0.05) is 10.4 Å². The third-order valence-electron chi connectivity index (χ3n) is 3.05. The van der Waals surface area contributed by atoms with Gasteiger partial charge in [0.25, 0.3) is 0 Å². The molecule has 0 radical (unpaired) electrons. The van der Waals surface area contributed by atoms with Gasteiger partial charge in [-0.15, -0.1) is 0 Å². The van der Waals surface area contributed by atoms with Gasteiger partial charge in [0.05, 0.1) is 41.3 Å². The van der Waals surface area contributed by atoms with Crippen molar-refractivity contribution in [1.82, 2.24) is 15.1 Å². The van der Waals surface area contributed by atoms with Crippen molar-refractivity contribution in [3.05, 3.63) is 0 Å². The summed E-state index contributed by atoms with van der Waals surface area (Å²) in [5.74, 6) is 0. The second kappa shape index (κ2) is 3.26. The minimum absolute atomic E-state index is 0.612. The summed E-state index contributed by atoms with van der Waals surface area (Å²) in [6, 6.07) is 0. The molecule has 0 aliphatic carbocycles. The van der Waals surface area contributed by atoms with E-state index in [0.29, 0.717) is 9.18 Å². The number of likely N-dealkylation sites (N-methyl/N-ethyl adjacent to an activating group) is 2. The largest absolute Gasteiger partial charge is 0.369 e. The highest BCUT2D eigenvalue weighted by Crippen LogP contribution is 2.47. The number of hydrogen-bond donors (Lipinski definition) is 2. The van der Waals surface area contributed by atoms with E-state index in [1.54, 1.807) is 0 Å². The molecule has 2 saturated heterocycles. The molecule has 0 spiro atoms. The monoisotopic (exact) mass is 235 g/mol. The van der Waals surface area contributed by atoms with Gasteiger partial charge >= 0.3 is 7.59 Å². The average Bonchev–Trinajstić information content (AvgIpc) is 1.97. The lowest BCUT2D eigenvalue weighted by Gasteiger charge is -2.49. The molecule has 0 aromatic carbocycles. The summed E-state index contributed by atoms with van der Waals surface area (Å²) in [5, 5.41) is 6.44. The topological polar surface area (TPSA) is 44.4 Å². The highest BCUT2D eigenvalue weighted by Gasteiger charge is 2.49. The molecule has 15 heavy (non-hydrogen) atoms. The average molecular weight is 235 g/mol. The first kappa shape index (κ1) is 11.5. The molecule has 0 saturated carbocycles. The molecule has 2 N–H and O–H groups in total. The molecule has 6 nitrogen and oxygen atoms in total. The Balaban J connectivity index is 2.22. The van der Waals surface area contributed by atoms with Crippen LogP contribution in [0.4, 0.5) is 0 Å². The maximum absolute atomic E-state index is 12.7. The van der Waals surface area contributed by atoms with Crippen LogP contribution in [0.5, 0.6) is 0 Å². The smallest absolute Gasteiger partial charge is 0.261 e. The fraction of sp³-hybridized carbons (Fsp3) is 1.00. The van der Waals surface area contributed by atoms with Crippen molar-refractivity contribution in [1.29, 1.82) is 0 Å². The Morgan fingerprint density at radius 3 is 1.80 bits per heavy atom. The zero-order valence-corrected chi connectivity index (χ0v) is 10.9. The fourth-order valence-electron chi connectivity index (χ4n) is 2.11. The van der Waals surface area contributed by atoms with Gasteiger partial charge in [-0.3, -0.25) is 4.57 Å². The van der Waals surface area contributed by atoms with E-state index in [9.17, 15) is 4.57 Å². The Labute approximate surface area is 91.5 Å². The van der Waals surface area contributed by atoms with Gasteiger partial charge < -0.3 is 0 Å². The van der Waals surface area contributed by atoms with Crippen molar-refractivity contribution in [2.45, 2.75) is 0 Å². The van der Waals surface area contributed by atoms with Gasteiger partial charge in [0.2, 0.25) is 0 Å². The maximum Gasteiger partial charge on any atom is 0.369 e. The molecule has 7 heteroatoms. The summed E-state index contributed by atoms with van der Waals surface area (Å²) in [7, 11) is 5.61. The molecule has 0 aromatic rings. The van der Waals surface area contributed by atoms with E-state index in [1.165, 1.54) is 0 Å². The molecule has 0 unspecified atom stereocenters. The van der Waals surface area contributed by atoms with E-state index in [1.807, 2.05) is 28.2 Å². The molecule has 2 aliphatic rings. The zero-order chi connectivity index (χ0) is 11.3. The quantitative estimate of drug-likeness (QED) is 0.442. The molecule has 0 atom stereocenters. The summed E-state index contributed by atoms with van der Waals surface area (Å²) in [6.45, 7) is 3.76. The summed E-state index contributed by atoms with van der Waals surface area (Å²) >= 11 is 0. The number of fused-ring (bicyclic) bond motifs is 1. The minimum atomic E-state index is -2.58. The number of nitrogens with zero attached hydrogens (tertiary/aromatic N) is 3. The van der Waals surface area contributed by atoms with Crippen molar-refractivity contribution < 1.29 is 13.7 Å². The van der Waals surface area contributed by atoms with Crippen LogP contribution in [0.1, 0.15) is 0 Å². The highest BCUT2D eigenvalue weighted by atomic mass is 31.2. The van der Waals surface area contributed by atoms with Crippen molar-refractivity contribution in [3.63, 3.8) is 0 Å². The Bertz CT molecular complexity index is 290. The van der Waals surface area contributed by atoms with Crippen LogP contribution in [0.3, 0.4) is 0 Å². The van der Waals surface area contributed by atoms with Gasteiger partial charge in [-0.2, -0.15) is 0 Å². The first-order chi connectivity index (χ1) is 6.73. The lowest BCUT2D eigenvalue weighted by Crippen LogP contribution is -2.69. The maximum atomic E-state index is 12.7. The van der Waals surface area contributed by atoms with E-state index < -0.39 is 7.59 Å². The van der Waals surface area contributed by atoms with Crippen LogP contribution in [0.15, 0.2) is 0 Å². The molecule has 88 valence electrons. The number of nitrogens with one attached hydrogen (secondary N) is 2. The Hall–Kier alpha value is 0.0300. The minimum Gasteiger partial charge on any atom is -0.261 e. The summed E-state index contributed by atoms with van der Waals surface area (Å²) in [4.78, 5) is 0. The van der Waals surface area contributed by atoms with Crippen LogP contribution >= 0.6 is 7.59 Å². The van der Waals surface area contributed by atoms with Gasteiger partial charge in [0, 0.05) is 0 Å². The Morgan fingerprint density at radius 1 is 1.00 bits per heavy atom. The first-order valence-electron chi connectivity index (χ1n) is 5.33. The van der Waals surface area contributed by atoms with Crippen molar-refractivity contribution >= 4 is 7.59 Å². The molecule has 0 aromatic heterocycles. The predicted molar refractivity (Wildman–Crippen MR) is 59.4 cm³/mol. The van der Waals surface area contributed by atoms with Crippen LogP contribution < -0.4 is 10.4 Å². The van der Waals surface area contributed by atoms with E-state index in [4.69, 9.17) is 0 Å². The number of hydrogen-bond acceptors (Lipinski definition) is 1. The second-order valence-electron chi connectivity index (χ2n) is 5.55. The van der Waals surface area contributed by atoms with Crippen LogP contribution in [0.2, 0.25) is 0 Å². The van der Waals surface area contributed by atoms with Crippen LogP contribution in [0.25, 0.3) is 0 Å². The molecular weight excluding hydrogens is 213 g/mol. The second-order valence-corrected chi connectivity index (χ2v) is 7.66. The Morgan fingerprint density at radius 2 is 1.40 bits per heavy atom. The third kappa shape index (κ3) is 2.25. The normalized spacial score (nSPS) is 33.3. The van der Waals surface area contributed by atoms with E-state index in [2.05, 4.69) is 15.1 Å². The number of rotatable bonds is 0. The van der Waals surface area contributed by atoms with Crippen LogP contribution in [0, 0.1) is 0 Å².